The number of benzene rings is 2. The van der Waals surface area contributed by atoms with Crippen LogP contribution in [0.15, 0.2) is 53.0 Å². The van der Waals surface area contributed by atoms with Crippen molar-refractivity contribution in [3.63, 3.8) is 0 Å². The smallest absolute Gasteiger partial charge is 0.0429 e. The van der Waals surface area contributed by atoms with E-state index in [9.17, 15) is 0 Å². The molecule has 0 heterocycles. The minimum atomic E-state index is 0.466. The van der Waals surface area contributed by atoms with E-state index < -0.39 is 0 Å². The molecule has 2 unspecified atom stereocenters. The third-order valence-electron chi connectivity index (χ3n) is 4.23. The van der Waals surface area contributed by atoms with E-state index in [4.69, 9.17) is 0 Å². The summed E-state index contributed by atoms with van der Waals surface area (Å²) in [6, 6.07) is 17.5. The van der Waals surface area contributed by atoms with Crippen molar-refractivity contribution in [1.82, 2.24) is 0 Å². The summed E-state index contributed by atoms with van der Waals surface area (Å²) in [4.78, 5) is 0.466. The van der Waals surface area contributed by atoms with Crippen molar-refractivity contribution in [2.45, 2.75) is 30.5 Å². The Balaban J connectivity index is 1.86. The van der Waals surface area contributed by atoms with Crippen molar-refractivity contribution in [1.29, 1.82) is 0 Å². The number of fused-ring (bicyclic) bond motifs is 1. The van der Waals surface area contributed by atoms with E-state index in [0.717, 1.165) is 6.42 Å². The van der Waals surface area contributed by atoms with Crippen LogP contribution in [-0.2, 0) is 12.8 Å². The van der Waals surface area contributed by atoms with Crippen LogP contribution in [0.1, 0.15) is 34.4 Å². The fourth-order valence-corrected chi connectivity index (χ4v) is 4.48. The van der Waals surface area contributed by atoms with E-state index in [1.165, 1.54) is 40.4 Å². The molecule has 1 aliphatic carbocycles. The maximum atomic E-state index is 3.97. The lowest BCUT2D eigenvalue weighted by atomic mass is 9.90. The Morgan fingerprint density at radius 3 is 2.60 bits per heavy atom. The highest BCUT2D eigenvalue weighted by Gasteiger charge is 2.26. The van der Waals surface area contributed by atoms with Gasteiger partial charge >= 0.3 is 0 Å². The van der Waals surface area contributed by atoms with Crippen LogP contribution >= 0.6 is 31.9 Å². The van der Waals surface area contributed by atoms with Gasteiger partial charge in [-0.3, -0.25) is 0 Å². The molecule has 2 aromatic carbocycles. The number of halogens is 2. The second-order valence-corrected chi connectivity index (χ2v) is 7.39. The van der Waals surface area contributed by atoms with Crippen molar-refractivity contribution in [2.75, 3.05) is 0 Å². The Morgan fingerprint density at radius 1 is 1.00 bits per heavy atom. The molecule has 0 aliphatic heterocycles. The standard InChI is InChI=1S/C18H18Br2/c19-17-11-4-2-7-14(17)12-15-9-5-8-13-6-1-3-10-16(13)18(15)20/h1-4,6-7,10-11,15,18H,5,8-9,12H2. The molecular formula is C18H18Br2. The molecule has 2 atom stereocenters. The molecule has 104 valence electrons. The van der Waals surface area contributed by atoms with Gasteiger partial charge in [0.2, 0.25) is 0 Å². The third-order valence-corrected chi connectivity index (χ3v) is 6.24. The van der Waals surface area contributed by atoms with Gasteiger partial charge in [0.25, 0.3) is 0 Å². The Labute approximate surface area is 137 Å². The molecule has 0 bridgehead atoms. The van der Waals surface area contributed by atoms with Crippen LogP contribution in [0.2, 0.25) is 0 Å². The molecule has 0 spiro atoms. The van der Waals surface area contributed by atoms with Gasteiger partial charge in [0.1, 0.15) is 0 Å². The molecule has 0 radical (unpaired) electrons. The topological polar surface area (TPSA) is 0 Å². The van der Waals surface area contributed by atoms with Crippen LogP contribution in [-0.4, -0.2) is 0 Å². The highest BCUT2D eigenvalue weighted by atomic mass is 79.9. The van der Waals surface area contributed by atoms with Crippen LogP contribution in [0.3, 0.4) is 0 Å². The summed E-state index contributed by atoms with van der Waals surface area (Å²) in [5, 5.41) is 0. The lowest BCUT2D eigenvalue weighted by Gasteiger charge is -2.22. The first kappa shape index (κ1) is 14.3. The largest absolute Gasteiger partial charge is 0.0836 e. The second-order valence-electron chi connectivity index (χ2n) is 5.55. The summed E-state index contributed by atoms with van der Waals surface area (Å²) in [6.07, 6.45) is 4.91. The van der Waals surface area contributed by atoms with Gasteiger partial charge in [-0.2, -0.15) is 0 Å². The summed E-state index contributed by atoms with van der Waals surface area (Å²) in [5.74, 6) is 0.664. The lowest BCUT2D eigenvalue weighted by Crippen LogP contribution is -2.10. The van der Waals surface area contributed by atoms with Crippen LogP contribution in [0.25, 0.3) is 0 Å². The number of alkyl halides is 1. The maximum Gasteiger partial charge on any atom is 0.0429 e. The van der Waals surface area contributed by atoms with E-state index in [1.807, 2.05) is 0 Å². The van der Waals surface area contributed by atoms with Crippen LogP contribution in [0, 0.1) is 5.92 Å². The number of hydrogen-bond acceptors (Lipinski definition) is 0. The van der Waals surface area contributed by atoms with E-state index in [2.05, 4.69) is 80.4 Å². The monoisotopic (exact) mass is 392 g/mol. The summed E-state index contributed by atoms with van der Waals surface area (Å²) in [5.41, 5.74) is 4.42. The van der Waals surface area contributed by atoms with Gasteiger partial charge in [-0.25, -0.2) is 0 Å². The molecule has 2 heteroatoms. The fraction of sp³-hybridized carbons (Fsp3) is 0.333. The Hall–Kier alpha value is -0.600. The molecule has 2 aromatic rings. The molecule has 0 aromatic heterocycles. The molecule has 0 nitrogen and oxygen atoms in total. The first-order chi connectivity index (χ1) is 9.75. The van der Waals surface area contributed by atoms with Crippen LogP contribution in [0.5, 0.6) is 0 Å². The molecule has 1 aliphatic rings. The van der Waals surface area contributed by atoms with E-state index in [1.54, 1.807) is 0 Å². The summed E-state index contributed by atoms with van der Waals surface area (Å²) >= 11 is 7.65. The highest BCUT2D eigenvalue weighted by Crippen LogP contribution is 2.41. The number of aryl methyl sites for hydroxylation is 1. The van der Waals surface area contributed by atoms with Gasteiger partial charge in [0, 0.05) is 9.30 Å². The average Bonchev–Trinajstić information content (AvgIpc) is 2.62. The van der Waals surface area contributed by atoms with Crippen LogP contribution < -0.4 is 0 Å². The Bertz CT molecular complexity index is 591. The molecule has 0 saturated carbocycles. The van der Waals surface area contributed by atoms with Gasteiger partial charge in [-0.05, 0) is 54.4 Å². The van der Waals surface area contributed by atoms with Crippen molar-refractivity contribution in [3.8, 4) is 0 Å². The molecule has 0 saturated heterocycles. The van der Waals surface area contributed by atoms with Gasteiger partial charge < -0.3 is 0 Å². The van der Waals surface area contributed by atoms with E-state index in [-0.39, 0.29) is 0 Å². The van der Waals surface area contributed by atoms with Gasteiger partial charge in [0.05, 0.1) is 0 Å². The molecule has 3 rings (SSSR count). The normalized spacial score (nSPS) is 22.1. The van der Waals surface area contributed by atoms with Crippen molar-refractivity contribution >= 4 is 31.9 Å². The molecule has 0 N–H and O–H groups in total. The quantitative estimate of drug-likeness (QED) is 0.428. The van der Waals surface area contributed by atoms with Gasteiger partial charge in [-0.15, -0.1) is 0 Å². The SMILES string of the molecule is Brc1ccccc1CC1CCCc2ccccc2C1Br. The van der Waals surface area contributed by atoms with Crippen molar-refractivity contribution in [2.24, 2.45) is 5.92 Å². The first-order valence-corrected chi connectivity index (χ1v) is 8.92. The highest BCUT2D eigenvalue weighted by molar-refractivity contribution is 9.10. The minimum absolute atomic E-state index is 0.466. The molecule has 0 amide bonds. The summed E-state index contributed by atoms with van der Waals surface area (Å²) in [7, 11) is 0. The van der Waals surface area contributed by atoms with Gasteiger partial charge in [0.15, 0.2) is 0 Å². The number of rotatable bonds is 2. The molecule has 20 heavy (non-hydrogen) atoms. The van der Waals surface area contributed by atoms with Crippen molar-refractivity contribution < 1.29 is 0 Å². The summed E-state index contributed by atoms with van der Waals surface area (Å²) < 4.78 is 1.23. The number of hydrogen-bond donors (Lipinski definition) is 0. The van der Waals surface area contributed by atoms with Crippen molar-refractivity contribution in [3.05, 3.63) is 69.7 Å². The lowest BCUT2D eigenvalue weighted by molar-refractivity contribution is 0.474. The van der Waals surface area contributed by atoms with Gasteiger partial charge in [-0.1, -0.05) is 74.3 Å². The zero-order valence-electron chi connectivity index (χ0n) is 11.4. The zero-order chi connectivity index (χ0) is 13.9. The Kier molecular flexibility index (Phi) is 4.62. The maximum absolute atomic E-state index is 3.97. The van der Waals surface area contributed by atoms with Crippen LogP contribution in [0.4, 0.5) is 0 Å². The summed E-state index contributed by atoms with van der Waals surface area (Å²) in [6.45, 7) is 0. The molecular weight excluding hydrogens is 376 g/mol. The average molecular weight is 394 g/mol. The molecule has 0 fully saturated rings. The Morgan fingerprint density at radius 2 is 1.75 bits per heavy atom. The third kappa shape index (κ3) is 3.01. The predicted molar refractivity (Wildman–Crippen MR) is 92.4 cm³/mol. The van der Waals surface area contributed by atoms with E-state index >= 15 is 0 Å². The van der Waals surface area contributed by atoms with E-state index in [0.29, 0.717) is 10.7 Å². The zero-order valence-corrected chi connectivity index (χ0v) is 14.5. The predicted octanol–water partition coefficient (Wildman–Crippen LogP) is 6.08. The first-order valence-electron chi connectivity index (χ1n) is 7.21. The fourth-order valence-electron chi connectivity index (χ4n) is 3.14. The second kappa shape index (κ2) is 6.44. The minimum Gasteiger partial charge on any atom is -0.0836 e.